The van der Waals surface area contributed by atoms with E-state index in [0.717, 1.165) is 24.2 Å². The molecule has 0 bridgehead atoms. The summed E-state index contributed by atoms with van der Waals surface area (Å²) in [5.74, 6) is 0.451. The zero-order valence-corrected chi connectivity index (χ0v) is 19.3. The molecule has 0 saturated carbocycles. The number of carbonyl (C=O) groups excluding carboxylic acids is 1. The Hall–Kier alpha value is -2.09. The second-order valence-electron chi connectivity index (χ2n) is 7.59. The number of nitrogens with zero attached hydrogens (tertiary/aromatic N) is 1. The van der Waals surface area contributed by atoms with Crippen molar-refractivity contribution in [2.75, 3.05) is 26.2 Å². The fraction of sp³-hybridized carbons (Fsp3) is 0.435. The number of rotatable bonds is 9. The molecule has 0 unspecified atom stereocenters. The number of para-hydroxylation sites is 1. The number of hydrogen-bond acceptors (Lipinski definition) is 4. The average Bonchev–Trinajstić information content (AvgIpc) is 2.78. The number of sulfonamides is 1. The largest absolute Gasteiger partial charge is 0.494 e. The molecule has 1 heterocycles. The van der Waals surface area contributed by atoms with Crippen molar-refractivity contribution in [2.45, 2.75) is 37.5 Å². The highest BCUT2D eigenvalue weighted by Crippen LogP contribution is 2.25. The Morgan fingerprint density at radius 3 is 2.68 bits per heavy atom. The number of aryl methyl sites for hydroxylation is 1. The highest BCUT2D eigenvalue weighted by Gasteiger charge is 2.33. The van der Waals surface area contributed by atoms with Crippen LogP contribution in [0.1, 0.15) is 31.7 Å². The van der Waals surface area contributed by atoms with Crippen molar-refractivity contribution in [3.63, 3.8) is 0 Å². The molecule has 0 aliphatic carbocycles. The summed E-state index contributed by atoms with van der Waals surface area (Å²) in [6.45, 7) is 3.73. The summed E-state index contributed by atoms with van der Waals surface area (Å²) in [4.78, 5) is 12.9. The third-order valence-corrected chi connectivity index (χ3v) is 7.53. The summed E-state index contributed by atoms with van der Waals surface area (Å²) in [5.41, 5.74) is 1.12. The monoisotopic (exact) mass is 464 g/mol. The molecule has 8 heteroatoms. The van der Waals surface area contributed by atoms with Crippen LogP contribution in [0.2, 0.25) is 5.02 Å². The van der Waals surface area contributed by atoms with E-state index in [1.54, 1.807) is 12.1 Å². The van der Waals surface area contributed by atoms with E-state index in [2.05, 4.69) is 5.32 Å². The number of hydrogen-bond donors (Lipinski definition) is 1. The van der Waals surface area contributed by atoms with E-state index in [9.17, 15) is 13.2 Å². The normalized spacial score (nSPS) is 17.3. The van der Waals surface area contributed by atoms with Gasteiger partial charge in [-0.3, -0.25) is 4.79 Å². The van der Waals surface area contributed by atoms with Gasteiger partial charge in [0.2, 0.25) is 15.9 Å². The summed E-state index contributed by atoms with van der Waals surface area (Å²) in [6, 6.07) is 14.0. The molecule has 1 fully saturated rings. The van der Waals surface area contributed by atoms with Gasteiger partial charge in [0.15, 0.2) is 0 Å². The minimum absolute atomic E-state index is 0.0888. The standard InChI is InChI=1S/C23H29ClN2O4S/c1-2-30-22-10-4-3-7-18(22)8-5-15-25-23(27)19-9-6-16-26(17-19)31(28,29)21-13-11-20(24)12-14-21/h3-4,7,10-14,19H,2,5-6,8-9,15-17H2,1H3,(H,25,27)/t19-/m1/s1. The van der Waals surface area contributed by atoms with Crippen molar-refractivity contribution in [1.82, 2.24) is 9.62 Å². The highest BCUT2D eigenvalue weighted by molar-refractivity contribution is 7.89. The predicted molar refractivity (Wildman–Crippen MR) is 122 cm³/mol. The van der Waals surface area contributed by atoms with Crippen molar-refractivity contribution >= 4 is 27.5 Å². The minimum atomic E-state index is -3.64. The second kappa shape index (κ2) is 11.0. The van der Waals surface area contributed by atoms with Crippen LogP contribution in [0.3, 0.4) is 0 Å². The molecule has 31 heavy (non-hydrogen) atoms. The number of carbonyl (C=O) groups is 1. The van der Waals surface area contributed by atoms with E-state index in [1.165, 1.54) is 16.4 Å². The van der Waals surface area contributed by atoms with Gasteiger partial charge in [0.25, 0.3) is 0 Å². The number of amides is 1. The number of nitrogens with one attached hydrogen (secondary N) is 1. The van der Waals surface area contributed by atoms with E-state index in [0.29, 0.717) is 37.6 Å². The van der Waals surface area contributed by atoms with Crippen LogP contribution in [0.15, 0.2) is 53.4 Å². The van der Waals surface area contributed by atoms with Gasteiger partial charge in [0.05, 0.1) is 17.4 Å². The van der Waals surface area contributed by atoms with Gasteiger partial charge in [0, 0.05) is 24.7 Å². The predicted octanol–water partition coefficient (Wildman–Crippen LogP) is 3.89. The minimum Gasteiger partial charge on any atom is -0.494 e. The van der Waals surface area contributed by atoms with Crippen molar-refractivity contribution in [3.05, 3.63) is 59.1 Å². The number of piperidine rings is 1. The Morgan fingerprint density at radius 1 is 1.19 bits per heavy atom. The zero-order valence-electron chi connectivity index (χ0n) is 17.7. The third kappa shape index (κ3) is 6.21. The molecular formula is C23H29ClN2O4S. The van der Waals surface area contributed by atoms with Gasteiger partial charge in [-0.15, -0.1) is 0 Å². The van der Waals surface area contributed by atoms with Crippen LogP contribution in [0.5, 0.6) is 5.75 Å². The smallest absolute Gasteiger partial charge is 0.243 e. The second-order valence-corrected chi connectivity index (χ2v) is 9.97. The van der Waals surface area contributed by atoms with Crippen LogP contribution >= 0.6 is 11.6 Å². The molecule has 1 saturated heterocycles. The summed E-state index contributed by atoms with van der Waals surface area (Å²) >= 11 is 5.87. The molecule has 1 aliphatic heterocycles. The third-order valence-electron chi connectivity index (χ3n) is 5.40. The van der Waals surface area contributed by atoms with Crippen molar-refractivity contribution in [2.24, 2.45) is 5.92 Å². The lowest BCUT2D eigenvalue weighted by Gasteiger charge is -2.31. The van der Waals surface area contributed by atoms with Gasteiger partial charge in [-0.1, -0.05) is 29.8 Å². The molecule has 1 atom stereocenters. The summed E-state index contributed by atoms with van der Waals surface area (Å²) in [6.07, 6.45) is 2.94. The molecule has 1 aliphatic rings. The fourth-order valence-electron chi connectivity index (χ4n) is 3.77. The van der Waals surface area contributed by atoms with Crippen LogP contribution in [0, 0.1) is 5.92 Å². The van der Waals surface area contributed by atoms with E-state index in [-0.39, 0.29) is 23.3 Å². The molecule has 1 amide bonds. The fourth-order valence-corrected chi connectivity index (χ4v) is 5.42. The SMILES string of the molecule is CCOc1ccccc1CCCNC(=O)[C@@H]1CCCN(S(=O)(=O)c2ccc(Cl)cc2)C1. The lowest BCUT2D eigenvalue weighted by molar-refractivity contribution is -0.126. The molecule has 0 aromatic heterocycles. The lowest BCUT2D eigenvalue weighted by Crippen LogP contribution is -2.45. The Bertz CT molecular complexity index is 979. The quantitative estimate of drug-likeness (QED) is 0.571. The first-order valence-electron chi connectivity index (χ1n) is 10.7. The molecule has 1 N–H and O–H groups in total. The molecule has 168 valence electrons. The zero-order chi connectivity index (χ0) is 22.3. The van der Waals surface area contributed by atoms with Crippen LogP contribution in [-0.2, 0) is 21.2 Å². The lowest BCUT2D eigenvalue weighted by atomic mass is 9.99. The van der Waals surface area contributed by atoms with Gasteiger partial charge in [0.1, 0.15) is 5.75 Å². The maximum absolute atomic E-state index is 12.9. The van der Waals surface area contributed by atoms with Gasteiger partial charge in [-0.25, -0.2) is 8.42 Å². The summed E-state index contributed by atoms with van der Waals surface area (Å²) in [5, 5.41) is 3.46. The van der Waals surface area contributed by atoms with Gasteiger partial charge >= 0.3 is 0 Å². The highest BCUT2D eigenvalue weighted by atomic mass is 35.5. The average molecular weight is 465 g/mol. The van der Waals surface area contributed by atoms with Crippen LogP contribution in [0.4, 0.5) is 0 Å². The molecule has 2 aromatic rings. The Kier molecular flexibility index (Phi) is 8.35. The van der Waals surface area contributed by atoms with E-state index >= 15 is 0 Å². The number of benzene rings is 2. The van der Waals surface area contributed by atoms with Crippen LogP contribution < -0.4 is 10.1 Å². The van der Waals surface area contributed by atoms with Crippen LogP contribution in [0.25, 0.3) is 0 Å². The molecule has 0 radical (unpaired) electrons. The van der Waals surface area contributed by atoms with Gasteiger partial charge < -0.3 is 10.1 Å². The first-order chi connectivity index (χ1) is 14.9. The summed E-state index contributed by atoms with van der Waals surface area (Å²) in [7, 11) is -3.64. The number of ether oxygens (including phenoxy) is 1. The van der Waals surface area contributed by atoms with E-state index in [1.807, 2.05) is 31.2 Å². The molecule has 6 nitrogen and oxygen atoms in total. The van der Waals surface area contributed by atoms with Gasteiger partial charge in [-0.2, -0.15) is 4.31 Å². The maximum Gasteiger partial charge on any atom is 0.243 e. The van der Waals surface area contributed by atoms with E-state index in [4.69, 9.17) is 16.3 Å². The first-order valence-corrected chi connectivity index (χ1v) is 12.5. The first kappa shape index (κ1) is 23.6. The topological polar surface area (TPSA) is 75.7 Å². The van der Waals surface area contributed by atoms with E-state index < -0.39 is 10.0 Å². The molecule has 0 spiro atoms. The van der Waals surface area contributed by atoms with Crippen molar-refractivity contribution in [3.8, 4) is 5.75 Å². The molecule has 2 aromatic carbocycles. The van der Waals surface area contributed by atoms with Crippen molar-refractivity contribution in [1.29, 1.82) is 0 Å². The van der Waals surface area contributed by atoms with Gasteiger partial charge in [-0.05, 0) is 68.5 Å². The Morgan fingerprint density at radius 2 is 1.94 bits per heavy atom. The molecular weight excluding hydrogens is 436 g/mol. The number of halogens is 1. The van der Waals surface area contributed by atoms with Crippen molar-refractivity contribution < 1.29 is 17.9 Å². The Balaban J connectivity index is 1.51. The Labute approximate surface area is 189 Å². The summed E-state index contributed by atoms with van der Waals surface area (Å²) < 4.78 is 32.9. The maximum atomic E-state index is 12.9. The van der Waals surface area contributed by atoms with Crippen LogP contribution in [-0.4, -0.2) is 44.9 Å². The molecule has 3 rings (SSSR count).